The van der Waals surface area contributed by atoms with E-state index in [1.54, 1.807) is 0 Å². The van der Waals surface area contributed by atoms with Crippen LogP contribution in [-0.2, 0) is 33.6 Å². The van der Waals surface area contributed by atoms with Crippen LogP contribution in [0, 0.1) is 13.8 Å². The molecule has 33 heavy (non-hydrogen) atoms. The molecule has 0 saturated carbocycles. The Morgan fingerprint density at radius 1 is 1.00 bits per heavy atom. The minimum absolute atomic E-state index is 0.383. The fourth-order valence-electron chi connectivity index (χ4n) is 4.36. The highest BCUT2D eigenvalue weighted by atomic mass is 16.7. The molecule has 3 aromatic rings. The van der Waals surface area contributed by atoms with Crippen LogP contribution in [0.25, 0.3) is 11.2 Å². The molecule has 0 atom stereocenters. The average molecular weight is 449 g/mol. The fourth-order valence-corrected chi connectivity index (χ4v) is 4.36. The van der Waals surface area contributed by atoms with Crippen LogP contribution in [0.2, 0.25) is 0 Å². The standard InChI is InChI=1S/C26H36BN3O3/c1-9-22-29-23-17(3)13-18(4)28-24(23)30(22)15-19-11-12-21(20(14-19)16-31-10-2)27-32-25(5,6)26(7,8)33-27/h11-14H,9-10,15-16H2,1-8H3. The highest BCUT2D eigenvalue weighted by molar-refractivity contribution is 6.62. The number of aromatic nitrogens is 3. The second-order valence-corrected chi connectivity index (χ2v) is 9.98. The first-order valence-corrected chi connectivity index (χ1v) is 11.9. The summed E-state index contributed by atoms with van der Waals surface area (Å²) in [6.45, 7) is 18.5. The molecule has 6 nitrogen and oxygen atoms in total. The number of pyridine rings is 1. The predicted molar refractivity (Wildman–Crippen MR) is 133 cm³/mol. The van der Waals surface area contributed by atoms with Crippen molar-refractivity contribution in [2.45, 2.75) is 86.2 Å². The van der Waals surface area contributed by atoms with Crippen LogP contribution in [0.1, 0.15) is 69.8 Å². The Kier molecular flexibility index (Phi) is 6.42. The van der Waals surface area contributed by atoms with Gasteiger partial charge in [0.05, 0.1) is 24.4 Å². The molecule has 4 rings (SSSR count). The highest BCUT2D eigenvalue weighted by Gasteiger charge is 2.52. The van der Waals surface area contributed by atoms with E-state index in [0.29, 0.717) is 19.8 Å². The third-order valence-corrected chi connectivity index (χ3v) is 6.93. The molecule has 2 aromatic heterocycles. The Morgan fingerprint density at radius 2 is 1.70 bits per heavy atom. The lowest BCUT2D eigenvalue weighted by Gasteiger charge is -2.32. The molecule has 0 N–H and O–H groups in total. The van der Waals surface area contributed by atoms with Gasteiger partial charge in [-0.25, -0.2) is 9.97 Å². The quantitative estimate of drug-likeness (QED) is 0.498. The maximum atomic E-state index is 6.33. The van der Waals surface area contributed by atoms with Crippen LogP contribution in [-0.4, -0.2) is 39.5 Å². The SMILES string of the molecule is CCOCc1cc(Cn2c(CC)nc3c(C)cc(C)nc32)ccc1B1OC(C)(C)C(C)(C)O1. The van der Waals surface area contributed by atoms with Crippen LogP contribution in [0.5, 0.6) is 0 Å². The first-order chi connectivity index (χ1) is 15.6. The molecular weight excluding hydrogens is 413 g/mol. The third kappa shape index (κ3) is 4.46. The number of fused-ring (bicyclic) bond motifs is 1. The number of hydrogen-bond acceptors (Lipinski definition) is 5. The lowest BCUT2D eigenvalue weighted by atomic mass is 9.75. The van der Waals surface area contributed by atoms with E-state index < -0.39 is 7.12 Å². The number of benzene rings is 1. The molecule has 7 heteroatoms. The van der Waals surface area contributed by atoms with Crippen molar-refractivity contribution in [3.63, 3.8) is 0 Å². The maximum absolute atomic E-state index is 6.33. The van der Waals surface area contributed by atoms with Crippen molar-refractivity contribution in [1.29, 1.82) is 0 Å². The molecule has 1 fully saturated rings. The highest BCUT2D eigenvalue weighted by Crippen LogP contribution is 2.36. The average Bonchev–Trinajstić information content (AvgIpc) is 3.19. The summed E-state index contributed by atoms with van der Waals surface area (Å²) in [4.78, 5) is 9.71. The first kappa shape index (κ1) is 23.9. The Morgan fingerprint density at radius 3 is 2.33 bits per heavy atom. The lowest BCUT2D eigenvalue weighted by molar-refractivity contribution is 0.00578. The number of rotatable bonds is 7. The van der Waals surface area contributed by atoms with Crippen molar-refractivity contribution in [2.75, 3.05) is 6.61 Å². The molecule has 3 heterocycles. The zero-order valence-corrected chi connectivity index (χ0v) is 21.3. The monoisotopic (exact) mass is 449 g/mol. The first-order valence-electron chi connectivity index (χ1n) is 11.9. The van der Waals surface area contributed by atoms with Gasteiger partial charge in [0.2, 0.25) is 0 Å². The summed E-state index contributed by atoms with van der Waals surface area (Å²) in [7, 11) is -0.410. The third-order valence-electron chi connectivity index (χ3n) is 6.93. The second-order valence-electron chi connectivity index (χ2n) is 9.98. The molecule has 0 amide bonds. The topological polar surface area (TPSA) is 58.4 Å². The zero-order chi connectivity index (χ0) is 24.0. The Labute approximate surface area is 197 Å². The number of nitrogens with zero attached hydrogens (tertiary/aromatic N) is 3. The van der Waals surface area contributed by atoms with E-state index in [1.807, 2.05) is 13.8 Å². The van der Waals surface area contributed by atoms with Gasteiger partial charge in [-0.1, -0.05) is 25.1 Å². The molecular formula is C26H36BN3O3. The van der Waals surface area contributed by atoms with Gasteiger partial charge < -0.3 is 18.6 Å². The van der Waals surface area contributed by atoms with E-state index in [0.717, 1.165) is 40.1 Å². The van der Waals surface area contributed by atoms with Gasteiger partial charge in [-0.15, -0.1) is 0 Å². The van der Waals surface area contributed by atoms with Gasteiger partial charge >= 0.3 is 7.12 Å². The van der Waals surface area contributed by atoms with Crippen molar-refractivity contribution in [3.8, 4) is 0 Å². The fraction of sp³-hybridized carbons (Fsp3) is 0.538. The predicted octanol–water partition coefficient (Wildman–Crippen LogP) is 4.49. The van der Waals surface area contributed by atoms with E-state index in [2.05, 4.69) is 70.4 Å². The van der Waals surface area contributed by atoms with Crippen molar-refractivity contribution >= 4 is 23.7 Å². The van der Waals surface area contributed by atoms with Gasteiger partial charge in [-0.05, 0) is 76.7 Å². The summed E-state index contributed by atoms with van der Waals surface area (Å²) in [5, 5.41) is 0. The second kappa shape index (κ2) is 8.86. The van der Waals surface area contributed by atoms with Crippen molar-refractivity contribution in [1.82, 2.24) is 14.5 Å². The lowest BCUT2D eigenvalue weighted by Crippen LogP contribution is -2.41. The van der Waals surface area contributed by atoms with Crippen LogP contribution >= 0.6 is 0 Å². The molecule has 0 spiro atoms. The van der Waals surface area contributed by atoms with E-state index in [1.165, 1.54) is 11.1 Å². The number of imidazole rings is 1. The smallest absolute Gasteiger partial charge is 0.399 e. The van der Waals surface area contributed by atoms with Crippen LogP contribution in [0.4, 0.5) is 0 Å². The van der Waals surface area contributed by atoms with Crippen molar-refractivity contribution in [3.05, 3.63) is 52.5 Å². The Balaban J connectivity index is 1.72. The Hall–Kier alpha value is -2.22. The largest absolute Gasteiger partial charge is 0.495 e. The molecule has 0 unspecified atom stereocenters. The van der Waals surface area contributed by atoms with Crippen LogP contribution < -0.4 is 5.46 Å². The van der Waals surface area contributed by atoms with E-state index in [9.17, 15) is 0 Å². The normalized spacial score (nSPS) is 17.3. The van der Waals surface area contributed by atoms with Crippen molar-refractivity contribution < 1.29 is 14.0 Å². The van der Waals surface area contributed by atoms with Gasteiger partial charge in [-0.2, -0.15) is 0 Å². The van der Waals surface area contributed by atoms with Gasteiger partial charge in [0, 0.05) is 18.7 Å². The number of aryl methyl sites for hydroxylation is 3. The Bertz CT molecular complexity index is 1150. The molecule has 1 saturated heterocycles. The summed E-state index contributed by atoms with van der Waals surface area (Å²) in [6, 6.07) is 8.59. The van der Waals surface area contributed by atoms with E-state index in [-0.39, 0.29) is 11.2 Å². The summed E-state index contributed by atoms with van der Waals surface area (Å²) in [5.41, 5.74) is 6.65. The van der Waals surface area contributed by atoms with Gasteiger partial charge in [0.1, 0.15) is 11.3 Å². The summed E-state index contributed by atoms with van der Waals surface area (Å²) in [5.74, 6) is 1.05. The minimum Gasteiger partial charge on any atom is -0.399 e. The van der Waals surface area contributed by atoms with Gasteiger partial charge in [-0.3, -0.25) is 0 Å². The summed E-state index contributed by atoms with van der Waals surface area (Å²) in [6.07, 6.45) is 0.854. The number of hydrogen-bond donors (Lipinski definition) is 0. The molecule has 1 aliphatic rings. The molecule has 176 valence electrons. The summed E-state index contributed by atoms with van der Waals surface area (Å²) < 4.78 is 20.7. The van der Waals surface area contributed by atoms with Gasteiger partial charge in [0.15, 0.2) is 5.65 Å². The van der Waals surface area contributed by atoms with Crippen LogP contribution in [0.15, 0.2) is 24.3 Å². The summed E-state index contributed by atoms with van der Waals surface area (Å²) >= 11 is 0. The van der Waals surface area contributed by atoms with E-state index >= 15 is 0 Å². The molecule has 0 bridgehead atoms. The van der Waals surface area contributed by atoms with Crippen LogP contribution in [0.3, 0.4) is 0 Å². The van der Waals surface area contributed by atoms with E-state index in [4.69, 9.17) is 24.0 Å². The molecule has 0 radical (unpaired) electrons. The minimum atomic E-state index is -0.410. The molecule has 0 aliphatic carbocycles. The molecule has 1 aliphatic heterocycles. The molecule has 1 aromatic carbocycles. The maximum Gasteiger partial charge on any atom is 0.495 e. The number of ether oxygens (including phenoxy) is 1. The zero-order valence-electron chi connectivity index (χ0n) is 21.3. The van der Waals surface area contributed by atoms with Crippen molar-refractivity contribution in [2.24, 2.45) is 0 Å². The van der Waals surface area contributed by atoms with Gasteiger partial charge in [0.25, 0.3) is 0 Å².